The Hall–Kier alpha value is -0.980. The first-order valence-electron chi connectivity index (χ1n) is 6.59. The van der Waals surface area contributed by atoms with Crippen LogP contribution < -0.4 is 0 Å². The van der Waals surface area contributed by atoms with Gasteiger partial charge >= 0.3 is 12.3 Å². The highest BCUT2D eigenvalue weighted by molar-refractivity contribution is 5.68. The molecule has 1 saturated heterocycles. The molecule has 0 unspecified atom stereocenters. The Morgan fingerprint density at radius 1 is 1.20 bits per heavy atom. The van der Waals surface area contributed by atoms with Crippen LogP contribution in [0.2, 0.25) is 0 Å². The number of ether oxygens (including phenoxy) is 2. The zero-order valence-electron chi connectivity index (χ0n) is 12.3. The number of carbonyl (C=O) groups excluding carboxylic acids is 1. The molecule has 118 valence electrons. The number of carbonyl (C=O) groups is 1. The molecule has 0 aliphatic carbocycles. The van der Waals surface area contributed by atoms with E-state index >= 15 is 0 Å². The van der Waals surface area contributed by atoms with Crippen LogP contribution >= 0.6 is 0 Å². The van der Waals surface area contributed by atoms with Crippen molar-refractivity contribution in [1.82, 2.24) is 4.90 Å². The summed E-state index contributed by atoms with van der Waals surface area (Å²) in [7, 11) is 0. The zero-order valence-corrected chi connectivity index (χ0v) is 12.3. The first kappa shape index (κ1) is 17.1. The average molecular weight is 297 g/mol. The lowest BCUT2D eigenvalue weighted by Crippen LogP contribution is -2.48. The minimum absolute atomic E-state index is 0.337. The third-order valence-corrected chi connectivity index (χ3v) is 3.06. The van der Waals surface area contributed by atoms with E-state index < -0.39 is 30.1 Å². The fraction of sp³-hybridized carbons (Fsp3) is 0.923. The van der Waals surface area contributed by atoms with E-state index in [1.165, 1.54) is 4.90 Å². The van der Waals surface area contributed by atoms with Gasteiger partial charge in [0.1, 0.15) is 12.2 Å². The third-order valence-electron chi connectivity index (χ3n) is 3.06. The van der Waals surface area contributed by atoms with Gasteiger partial charge in [0.05, 0.1) is 5.60 Å². The summed E-state index contributed by atoms with van der Waals surface area (Å²) >= 11 is 0. The maximum absolute atomic E-state index is 12.2. The summed E-state index contributed by atoms with van der Waals surface area (Å²) in [6.07, 6.45) is -4.04. The van der Waals surface area contributed by atoms with Crippen LogP contribution in [0, 0.1) is 0 Å². The second-order valence-corrected chi connectivity index (χ2v) is 6.32. The van der Waals surface area contributed by atoms with Crippen LogP contribution in [-0.4, -0.2) is 48.1 Å². The Balaban J connectivity index is 2.44. The summed E-state index contributed by atoms with van der Waals surface area (Å²) in [6, 6.07) is 0. The summed E-state index contributed by atoms with van der Waals surface area (Å²) in [5.41, 5.74) is -1.42. The predicted octanol–water partition coefficient (Wildman–Crippen LogP) is 3.35. The first-order valence-corrected chi connectivity index (χ1v) is 6.59. The summed E-state index contributed by atoms with van der Waals surface area (Å²) in [5, 5.41) is 0. The molecule has 0 aromatic rings. The lowest BCUT2D eigenvalue weighted by Gasteiger charge is -2.39. The van der Waals surface area contributed by atoms with Gasteiger partial charge in [0.15, 0.2) is 0 Å². The molecule has 0 saturated carbocycles. The maximum Gasteiger partial charge on any atom is 0.411 e. The van der Waals surface area contributed by atoms with Crippen molar-refractivity contribution < 1.29 is 27.4 Å². The number of likely N-dealkylation sites (tertiary alicyclic amines) is 1. The number of piperidine rings is 1. The third kappa shape index (κ3) is 5.98. The Morgan fingerprint density at radius 3 is 2.10 bits per heavy atom. The van der Waals surface area contributed by atoms with E-state index in [2.05, 4.69) is 0 Å². The maximum atomic E-state index is 12.2. The van der Waals surface area contributed by atoms with Crippen LogP contribution in [0.15, 0.2) is 0 Å². The van der Waals surface area contributed by atoms with E-state index in [0.29, 0.717) is 25.9 Å². The molecule has 7 heteroatoms. The SMILES string of the molecule is CC(C)(C)OC(=O)N1CCC(C)(OCC(F)(F)F)CC1. The van der Waals surface area contributed by atoms with Crippen LogP contribution in [0.1, 0.15) is 40.5 Å². The molecular formula is C13H22F3NO3. The molecule has 20 heavy (non-hydrogen) atoms. The van der Waals surface area contributed by atoms with Crippen LogP contribution in [0.3, 0.4) is 0 Å². The van der Waals surface area contributed by atoms with Crippen molar-refractivity contribution in [2.24, 2.45) is 0 Å². The molecule has 0 atom stereocenters. The van der Waals surface area contributed by atoms with E-state index in [9.17, 15) is 18.0 Å². The topological polar surface area (TPSA) is 38.8 Å². The highest BCUT2D eigenvalue weighted by Crippen LogP contribution is 2.29. The summed E-state index contributed by atoms with van der Waals surface area (Å²) < 4.78 is 46.7. The molecule has 1 aliphatic heterocycles. The van der Waals surface area contributed by atoms with Gasteiger partial charge in [0.2, 0.25) is 0 Å². The average Bonchev–Trinajstić information content (AvgIpc) is 2.24. The largest absolute Gasteiger partial charge is 0.444 e. The molecule has 0 bridgehead atoms. The van der Waals surface area contributed by atoms with Gasteiger partial charge in [-0.2, -0.15) is 13.2 Å². The highest BCUT2D eigenvalue weighted by atomic mass is 19.4. The molecule has 1 amide bonds. The fourth-order valence-corrected chi connectivity index (χ4v) is 1.89. The minimum Gasteiger partial charge on any atom is -0.444 e. The molecule has 1 rings (SSSR count). The first-order chi connectivity index (χ1) is 8.90. The predicted molar refractivity (Wildman–Crippen MR) is 67.5 cm³/mol. The van der Waals surface area contributed by atoms with Crippen LogP contribution in [0.5, 0.6) is 0 Å². The van der Waals surface area contributed by atoms with Gasteiger partial charge in [-0.1, -0.05) is 0 Å². The van der Waals surface area contributed by atoms with Crippen LogP contribution in [0.4, 0.5) is 18.0 Å². The van der Waals surface area contributed by atoms with Crippen molar-refractivity contribution in [1.29, 1.82) is 0 Å². The highest BCUT2D eigenvalue weighted by Gasteiger charge is 2.38. The molecule has 4 nitrogen and oxygen atoms in total. The van der Waals surface area contributed by atoms with Crippen molar-refractivity contribution in [3.8, 4) is 0 Å². The normalized spacial score (nSPS) is 19.9. The Labute approximate surface area is 117 Å². The molecule has 0 spiro atoms. The van der Waals surface area contributed by atoms with Gasteiger partial charge in [-0.3, -0.25) is 0 Å². The molecule has 1 fully saturated rings. The molecule has 0 N–H and O–H groups in total. The minimum atomic E-state index is -4.33. The fourth-order valence-electron chi connectivity index (χ4n) is 1.89. The van der Waals surface area contributed by atoms with E-state index in [4.69, 9.17) is 9.47 Å². The summed E-state index contributed by atoms with van der Waals surface area (Å²) in [5.74, 6) is 0. The Kier molecular flexibility index (Phi) is 4.94. The van der Waals surface area contributed by atoms with Crippen LogP contribution in [0.25, 0.3) is 0 Å². The standard InChI is InChI=1S/C13H22F3NO3/c1-11(2,3)20-10(18)17-7-5-12(4,6-8-17)19-9-13(14,15)16/h5-9H2,1-4H3. The quantitative estimate of drug-likeness (QED) is 0.784. The summed E-state index contributed by atoms with van der Waals surface area (Å²) in [6.45, 7) is 6.37. The molecule has 0 aromatic carbocycles. The van der Waals surface area contributed by atoms with Gasteiger partial charge < -0.3 is 14.4 Å². The Bertz CT molecular complexity index is 342. The summed E-state index contributed by atoms with van der Waals surface area (Å²) in [4.78, 5) is 13.3. The van der Waals surface area contributed by atoms with Gasteiger partial charge in [0.25, 0.3) is 0 Å². The van der Waals surface area contributed by atoms with Gasteiger partial charge in [-0.05, 0) is 40.5 Å². The van der Waals surface area contributed by atoms with E-state index in [1.54, 1.807) is 27.7 Å². The van der Waals surface area contributed by atoms with Crippen molar-refractivity contribution in [3.05, 3.63) is 0 Å². The van der Waals surface area contributed by atoms with Crippen molar-refractivity contribution in [2.75, 3.05) is 19.7 Å². The molecular weight excluding hydrogens is 275 g/mol. The van der Waals surface area contributed by atoms with Crippen LogP contribution in [-0.2, 0) is 9.47 Å². The van der Waals surface area contributed by atoms with E-state index in [-0.39, 0.29) is 0 Å². The zero-order chi connectivity index (χ0) is 15.6. The number of alkyl halides is 3. The number of hydrogen-bond donors (Lipinski definition) is 0. The van der Waals surface area contributed by atoms with Crippen molar-refractivity contribution in [3.63, 3.8) is 0 Å². The molecule has 1 aliphatic rings. The smallest absolute Gasteiger partial charge is 0.411 e. The Morgan fingerprint density at radius 2 is 1.70 bits per heavy atom. The number of hydrogen-bond acceptors (Lipinski definition) is 3. The van der Waals surface area contributed by atoms with Gasteiger partial charge in [0, 0.05) is 13.1 Å². The molecule has 0 aromatic heterocycles. The van der Waals surface area contributed by atoms with Gasteiger partial charge in [-0.15, -0.1) is 0 Å². The second-order valence-electron chi connectivity index (χ2n) is 6.32. The monoisotopic (exact) mass is 297 g/mol. The lowest BCUT2D eigenvalue weighted by molar-refractivity contribution is -0.208. The number of rotatable bonds is 2. The van der Waals surface area contributed by atoms with Gasteiger partial charge in [-0.25, -0.2) is 4.79 Å². The van der Waals surface area contributed by atoms with E-state index in [1.807, 2.05) is 0 Å². The van der Waals surface area contributed by atoms with Crippen molar-refractivity contribution >= 4 is 6.09 Å². The van der Waals surface area contributed by atoms with Crippen molar-refractivity contribution in [2.45, 2.75) is 57.9 Å². The number of nitrogens with zero attached hydrogens (tertiary/aromatic N) is 1. The number of amides is 1. The lowest BCUT2D eigenvalue weighted by atomic mass is 9.93. The molecule has 0 radical (unpaired) electrons. The number of halogens is 3. The molecule has 1 heterocycles. The van der Waals surface area contributed by atoms with E-state index in [0.717, 1.165) is 0 Å². The second kappa shape index (κ2) is 5.79.